The number of fused-ring (bicyclic) bond motifs is 1. The molecule has 1 N–H and O–H groups in total. The highest BCUT2D eigenvalue weighted by molar-refractivity contribution is 7.09. The monoisotopic (exact) mass is 395 g/mol. The second-order valence-corrected chi connectivity index (χ2v) is 7.23. The summed E-state index contributed by atoms with van der Waals surface area (Å²) in [4.78, 5) is 24.9. The summed E-state index contributed by atoms with van der Waals surface area (Å²) in [5.41, 5.74) is 0.838. The highest BCUT2D eigenvalue weighted by atomic mass is 32.1. The Hall–Kier alpha value is -3.39. The maximum atomic E-state index is 12.3. The SMILES string of the molecule is Cc1cc(=O)oc2cc(OCC(=O)Nc3ccnn3Cc3cccs3)ccc12. The molecule has 28 heavy (non-hydrogen) atoms. The van der Waals surface area contributed by atoms with Crippen molar-refractivity contribution in [2.75, 3.05) is 11.9 Å². The molecular weight excluding hydrogens is 378 g/mol. The fourth-order valence-electron chi connectivity index (χ4n) is 2.84. The first-order chi connectivity index (χ1) is 13.6. The molecule has 8 heteroatoms. The van der Waals surface area contributed by atoms with E-state index in [4.69, 9.17) is 9.15 Å². The van der Waals surface area contributed by atoms with Crippen molar-refractivity contribution in [1.29, 1.82) is 0 Å². The number of hydrogen-bond acceptors (Lipinski definition) is 6. The van der Waals surface area contributed by atoms with Gasteiger partial charge in [-0.15, -0.1) is 11.3 Å². The molecule has 3 aromatic heterocycles. The first-order valence-corrected chi connectivity index (χ1v) is 9.48. The van der Waals surface area contributed by atoms with Gasteiger partial charge in [0.05, 0.1) is 12.7 Å². The Balaban J connectivity index is 1.41. The van der Waals surface area contributed by atoms with E-state index in [2.05, 4.69) is 10.4 Å². The lowest BCUT2D eigenvalue weighted by molar-refractivity contribution is -0.118. The summed E-state index contributed by atoms with van der Waals surface area (Å²) in [7, 11) is 0. The van der Waals surface area contributed by atoms with Crippen LogP contribution in [0.25, 0.3) is 11.0 Å². The van der Waals surface area contributed by atoms with Crippen molar-refractivity contribution in [3.8, 4) is 5.75 Å². The first-order valence-electron chi connectivity index (χ1n) is 8.60. The van der Waals surface area contributed by atoms with Gasteiger partial charge in [0.25, 0.3) is 5.91 Å². The Morgan fingerprint density at radius 3 is 3.00 bits per heavy atom. The quantitative estimate of drug-likeness (QED) is 0.506. The third kappa shape index (κ3) is 3.96. The largest absolute Gasteiger partial charge is 0.484 e. The number of rotatable bonds is 6. The van der Waals surface area contributed by atoms with E-state index >= 15 is 0 Å². The standard InChI is InChI=1S/C20H17N3O4S/c1-13-9-20(25)27-17-10-14(4-5-16(13)17)26-12-19(24)22-18-6-7-21-23(18)11-15-3-2-8-28-15/h2-10H,11-12H2,1H3,(H,22,24). The average Bonchev–Trinajstić information content (AvgIpc) is 3.32. The zero-order chi connectivity index (χ0) is 19.5. The second kappa shape index (κ2) is 7.69. The summed E-state index contributed by atoms with van der Waals surface area (Å²) in [5, 5.41) is 9.86. The van der Waals surface area contributed by atoms with Crippen molar-refractivity contribution in [2.45, 2.75) is 13.5 Å². The molecule has 4 aromatic rings. The fourth-order valence-corrected chi connectivity index (χ4v) is 3.52. The number of thiophene rings is 1. The minimum atomic E-state index is -0.418. The number of amides is 1. The molecule has 1 amide bonds. The number of carbonyl (C=O) groups is 1. The number of aryl methyl sites for hydroxylation is 1. The van der Waals surface area contributed by atoms with Crippen molar-refractivity contribution in [2.24, 2.45) is 0 Å². The van der Waals surface area contributed by atoms with E-state index in [9.17, 15) is 9.59 Å². The van der Waals surface area contributed by atoms with Gasteiger partial charge in [-0.25, -0.2) is 9.48 Å². The van der Waals surface area contributed by atoms with Crippen LogP contribution >= 0.6 is 11.3 Å². The van der Waals surface area contributed by atoms with E-state index in [1.165, 1.54) is 6.07 Å². The summed E-state index contributed by atoms with van der Waals surface area (Å²) in [6, 6.07) is 12.3. The summed E-state index contributed by atoms with van der Waals surface area (Å²) >= 11 is 1.63. The van der Waals surface area contributed by atoms with Crippen LogP contribution in [0.3, 0.4) is 0 Å². The Bertz CT molecular complexity index is 1180. The van der Waals surface area contributed by atoms with Crippen LogP contribution in [0.5, 0.6) is 5.75 Å². The number of benzene rings is 1. The van der Waals surface area contributed by atoms with E-state index in [1.54, 1.807) is 46.5 Å². The molecule has 142 valence electrons. The first kappa shape index (κ1) is 18.0. The third-order valence-corrected chi connectivity index (χ3v) is 5.02. The average molecular weight is 395 g/mol. The summed E-state index contributed by atoms with van der Waals surface area (Å²) < 4.78 is 12.5. The zero-order valence-corrected chi connectivity index (χ0v) is 15.9. The zero-order valence-electron chi connectivity index (χ0n) is 15.0. The smallest absolute Gasteiger partial charge is 0.336 e. The molecule has 0 radical (unpaired) electrons. The number of ether oxygens (including phenoxy) is 1. The van der Waals surface area contributed by atoms with Crippen molar-refractivity contribution in [3.05, 3.63) is 74.9 Å². The van der Waals surface area contributed by atoms with E-state index in [0.717, 1.165) is 15.8 Å². The normalized spacial score (nSPS) is 10.9. The van der Waals surface area contributed by atoms with E-state index < -0.39 is 5.63 Å². The lowest BCUT2D eigenvalue weighted by Crippen LogP contribution is -2.22. The number of nitrogens with zero attached hydrogens (tertiary/aromatic N) is 2. The Labute approximate surface area is 164 Å². The number of nitrogens with one attached hydrogen (secondary N) is 1. The van der Waals surface area contributed by atoms with Gasteiger partial charge >= 0.3 is 5.63 Å². The minimum absolute atomic E-state index is 0.175. The fraction of sp³-hybridized carbons (Fsp3) is 0.150. The Morgan fingerprint density at radius 1 is 1.29 bits per heavy atom. The topological polar surface area (TPSA) is 86.4 Å². The molecule has 7 nitrogen and oxygen atoms in total. The molecular formula is C20H17N3O4S. The van der Waals surface area contributed by atoms with E-state index in [0.29, 0.717) is 23.7 Å². The van der Waals surface area contributed by atoms with Crippen LogP contribution in [0, 0.1) is 6.92 Å². The predicted molar refractivity (Wildman–Crippen MR) is 107 cm³/mol. The highest BCUT2D eigenvalue weighted by Gasteiger charge is 2.10. The van der Waals surface area contributed by atoms with Gasteiger partial charge in [0.15, 0.2) is 6.61 Å². The van der Waals surface area contributed by atoms with Crippen LogP contribution < -0.4 is 15.7 Å². The van der Waals surface area contributed by atoms with Gasteiger partial charge < -0.3 is 14.5 Å². The molecule has 1 aromatic carbocycles. The van der Waals surface area contributed by atoms with Crippen LogP contribution in [-0.4, -0.2) is 22.3 Å². The highest BCUT2D eigenvalue weighted by Crippen LogP contribution is 2.22. The van der Waals surface area contributed by atoms with Gasteiger partial charge in [0, 0.05) is 28.5 Å². The molecule has 0 unspecified atom stereocenters. The maximum Gasteiger partial charge on any atom is 0.336 e. The van der Waals surface area contributed by atoms with Gasteiger partial charge in [-0.2, -0.15) is 5.10 Å². The van der Waals surface area contributed by atoms with Crippen molar-refractivity contribution in [1.82, 2.24) is 9.78 Å². The van der Waals surface area contributed by atoms with Crippen LogP contribution in [-0.2, 0) is 11.3 Å². The van der Waals surface area contributed by atoms with Crippen LogP contribution in [0.4, 0.5) is 5.82 Å². The van der Waals surface area contributed by atoms with Gasteiger partial charge in [-0.05, 0) is 36.1 Å². The van der Waals surface area contributed by atoms with Gasteiger partial charge in [-0.3, -0.25) is 4.79 Å². The summed E-state index contributed by atoms with van der Waals surface area (Å²) in [6.07, 6.45) is 1.64. The number of anilines is 1. The number of hydrogen-bond donors (Lipinski definition) is 1. The Kier molecular flexibility index (Phi) is 4.94. The second-order valence-electron chi connectivity index (χ2n) is 6.20. The summed E-state index contributed by atoms with van der Waals surface area (Å²) in [6.45, 7) is 2.25. The van der Waals surface area contributed by atoms with Gasteiger partial charge in [0.1, 0.15) is 17.2 Å². The molecule has 0 spiro atoms. The minimum Gasteiger partial charge on any atom is -0.484 e. The van der Waals surface area contributed by atoms with Crippen molar-refractivity contribution < 1.29 is 13.9 Å². The number of aromatic nitrogens is 2. The van der Waals surface area contributed by atoms with E-state index in [1.807, 2.05) is 24.4 Å². The Morgan fingerprint density at radius 2 is 2.18 bits per heavy atom. The van der Waals surface area contributed by atoms with E-state index in [-0.39, 0.29) is 12.5 Å². The molecule has 0 aliphatic heterocycles. The van der Waals surface area contributed by atoms with Crippen LogP contribution in [0.2, 0.25) is 0 Å². The maximum absolute atomic E-state index is 12.3. The molecule has 0 aliphatic rings. The molecule has 0 saturated carbocycles. The predicted octanol–water partition coefficient (Wildman–Crippen LogP) is 3.43. The molecule has 3 heterocycles. The van der Waals surface area contributed by atoms with Gasteiger partial charge in [0.2, 0.25) is 0 Å². The molecule has 0 fully saturated rings. The van der Waals surface area contributed by atoms with Gasteiger partial charge in [-0.1, -0.05) is 6.07 Å². The molecule has 4 rings (SSSR count). The molecule has 0 saturated heterocycles. The third-order valence-electron chi connectivity index (χ3n) is 4.16. The lowest BCUT2D eigenvalue weighted by Gasteiger charge is -2.10. The number of carbonyl (C=O) groups excluding carboxylic acids is 1. The van der Waals surface area contributed by atoms with Crippen LogP contribution in [0.15, 0.2) is 63.3 Å². The molecule has 0 atom stereocenters. The lowest BCUT2D eigenvalue weighted by atomic mass is 10.1. The summed E-state index contributed by atoms with van der Waals surface area (Å²) in [5.74, 6) is 0.740. The van der Waals surface area contributed by atoms with Crippen molar-refractivity contribution in [3.63, 3.8) is 0 Å². The molecule has 0 aliphatic carbocycles. The van der Waals surface area contributed by atoms with Crippen LogP contribution in [0.1, 0.15) is 10.4 Å². The molecule has 0 bridgehead atoms. The van der Waals surface area contributed by atoms with Crippen molar-refractivity contribution >= 4 is 34.0 Å².